The van der Waals surface area contributed by atoms with Gasteiger partial charge < -0.3 is 10.2 Å². The molecule has 1 aliphatic heterocycles. The number of amides is 1. The molecule has 174 valence electrons. The first-order chi connectivity index (χ1) is 15.1. The third-order valence-corrected chi connectivity index (χ3v) is 7.20. The molecule has 1 N–H and O–H groups in total. The topological polar surface area (TPSA) is 69.7 Å². The van der Waals surface area contributed by atoms with E-state index in [2.05, 4.69) is 5.32 Å². The number of carbonyl (C=O) groups is 1. The fourth-order valence-corrected chi connectivity index (χ4v) is 5.20. The monoisotopic (exact) mass is 469 g/mol. The number of carbonyl (C=O) groups excluding carboxylic acids is 1. The quantitative estimate of drug-likeness (QED) is 0.636. The largest absolute Gasteiger partial charge is 0.416 e. The van der Waals surface area contributed by atoms with Gasteiger partial charge in [0.25, 0.3) is 0 Å². The second kappa shape index (κ2) is 10.0. The summed E-state index contributed by atoms with van der Waals surface area (Å²) in [4.78, 5) is 14.1. The number of halogens is 3. The van der Waals surface area contributed by atoms with Crippen LogP contribution in [-0.2, 0) is 27.5 Å². The van der Waals surface area contributed by atoms with Crippen LogP contribution in [0.25, 0.3) is 0 Å². The Labute approximate surface area is 186 Å². The number of hydrogen-bond acceptors (Lipinski definition) is 4. The lowest BCUT2D eigenvalue weighted by Crippen LogP contribution is -2.28. The molecular formula is C22H26F3N3O3S. The first-order valence-corrected chi connectivity index (χ1v) is 11.7. The predicted molar refractivity (Wildman–Crippen MR) is 115 cm³/mol. The van der Waals surface area contributed by atoms with E-state index in [4.69, 9.17) is 0 Å². The fourth-order valence-electron chi connectivity index (χ4n) is 3.63. The molecule has 1 amide bonds. The highest BCUT2D eigenvalue weighted by atomic mass is 32.2. The lowest BCUT2D eigenvalue weighted by atomic mass is 10.1. The van der Waals surface area contributed by atoms with Crippen LogP contribution in [0, 0.1) is 0 Å². The van der Waals surface area contributed by atoms with Crippen LogP contribution in [0.1, 0.15) is 30.4 Å². The molecule has 0 atom stereocenters. The molecule has 1 heterocycles. The summed E-state index contributed by atoms with van der Waals surface area (Å²) in [5, 5.41) is 2.67. The second-order valence-electron chi connectivity index (χ2n) is 7.83. The highest BCUT2D eigenvalue weighted by Gasteiger charge is 2.33. The van der Waals surface area contributed by atoms with E-state index >= 15 is 0 Å². The standard InChI is InChI=1S/C22H26F3N3O3S/c1-27(16-17-7-2-3-10-20(17)22(23,24)25)14-11-21(29)26-18-8-6-9-19(15-18)32(30,31)28-12-4-5-13-28/h2-3,6-10,15H,4-5,11-14,16H2,1H3,(H,26,29). The van der Waals surface area contributed by atoms with Crippen LogP contribution < -0.4 is 5.32 Å². The van der Waals surface area contributed by atoms with Crippen molar-refractivity contribution in [3.8, 4) is 0 Å². The van der Waals surface area contributed by atoms with Crippen LogP contribution in [0.5, 0.6) is 0 Å². The lowest BCUT2D eigenvalue weighted by Gasteiger charge is -2.20. The minimum absolute atomic E-state index is 0.0481. The van der Waals surface area contributed by atoms with Crippen molar-refractivity contribution in [3.05, 3.63) is 59.7 Å². The molecule has 32 heavy (non-hydrogen) atoms. The molecule has 6 nitrogen and oxygen atoms in total. The summed E-state index contributed by atoms with van der Waals surface area (Å²) < 4.78 is 66.2. The van der Waals surface area contributed by atoms with Crippen molar-refractivity contribution in [1.29, 1.82) is 0 Å². The van der Waals surface area contributed by atoms with E-state index < -0.39 is 21.8 Å². The zero-order valence-corrected chi connectivity index (χ0v) is 18.5. The first kappa shape index (κ1) is 24.2. The van der Waals surface area contributed by atoms with Gasteiger partial charge in [0.1, 0.15) is 0 Å². The van der Waals surface area contributed by atoms with Gasteiger partial charge >= 0.3 is 6.18 Å². The minimum Gasteiger partial charge on any atom is -0.326 e. The number of nitrogens with zero attached hydrogens (tertiary/aromatic N) is 2. The summed E-state index contributed by atoms with van der Waals surface area (Å²) in [6, 6.07) is 11.4. The molecule has 0 saturated carbocycles. The third-order valence-electron chi connectivity index (χ3n) is 5.30. The molecule has 3 rings (SSSR count). The van der Waals surface area contributed by atoms with E-state index in [1.165, 1.54) is 28.6 Å². The molecule has 0 spiro atoms. The second-order valence-corrected chi connectivity index (χ2v) is 9.77. The molecule has 0 bridgehead atoms. The van der Waals surface area contributed by atoms with Gasteiger partial charge in [-0.05, 0) is 49.7 Å². The van der Waals surface area contributed by atoms with Crippen molar-refractivity contribution >= 4 is 21.6 Å². The van der Waals surface area contributed by atoms with Crippen molar-refractivity contribution in [2.45, 2.75) is 36.9 Å². The number of alkyl halides is 3. The van der Waals surface area contributed by atoms with Crippen LogP contribution in [0.4, 0.5) is 18.9 Å². The van der Waals surface area contributed by atoms with Crippen LogP contribution in [0.3, 0.4) is 0 Å². The third kappa shape index (κ3) is 6.08. The molecule has 0 aromatic heterocycles. The summed E-state index contributed by atoms with van der Waals surface area (Å²) in [7, 11) is -1.95. The summed E-state index contributed by atoms with van der Waals surface area (Å²) in [6.45, 7) is 1.27. The van der Waals surface area contributed by atoms with Gasteiger partial charge in [-0.2, -0.15) is 17.5 Å². The van der Waals surface area contributed by atoms with Gasteiger partial charge in [0.05, 0.1) is 10.5 Å². The summed E-state index contributed by atoms with van der Waals surface area (Å²) in [5.74, 6) is -0.350. The number of anilines is 1. The van der Waals surface area contributed by atoms with Gasteiger partial charge in [0, 0.05) is 38.3 Å². The number of sulfonamides is 1. The molecule has 1 aliphatic rings. The van der Waals surface area contributed by atoms with Crippen molar-refractivity contribution in [3.63, 3.8) is 0 Å². The zero-order valence-electron chi connectivity index (χ0n) is 17.7. The first-order valence-electron chi connectivity index (χ1n) is 10.3. The van der Waals surface area contributed by atoms with E-state index in [0.29, 0.717) is 18.8 Å². The Kier molecular flexibility index (Phi) is 7.58. The molecule has 2 aromatic rings. The van der Waals surface area contributed by atoms with E-state index in [-0.39, 0.29) is 35.9 Å². The Balaban J connectivity index is 1.57. The molecule has 2 aromatic carbocycles. The Morgan fingerprint density at radius 3 is 2.47 bits per heavy atom. The van der Waals surface area contributed by atoms with Gasteiger partial charge in [-0.1, -0.05) is 24.3 Å². The minimum atomic E-state index is -4.44. The molecule has 0 aliphatic carbocycles. The Hall–Kier alpha value is -2.43. The van der Waals surface area contributed by atoms with Gasteiger partial charge in [-0.15, -0.1) is 0 Å². The fraction of sp³-hybridized carbons (Fsp3) is 0.409. The van der Waals surface area contributed by atoms with Gasteiger partial charge in [0.15, 0.2) is 0 Å². The Morgan fingerprint density at radius 1 is 1.09 bits per heavy atom. The number of nitrogens with one attached hydrogen (secondary N) is 1. The Morgan fingerprint density at radius 2 is 1.78 bits per heavy atom. The van der Waals surface area contributed by atoms with Gasteiger partial charge in [0.2, 0.25) is 15.9 Å². The summed E-state index contributed by atoms with van der Waals surface area (Å²) in [5.41, 5.74) is -0.185. The van der Waals surface area contributed by atoms with E-state index in [0.717, 1.165) is 18.9 Å². The van der Waals surface area contributed by atoms with Crippen molar-refractivity contribution in [1.82, 2.24) is 9.21 Å². The van der Waals surface area contributed by atoms with E-state index in [9.17, 15) is 26.4 Å². The van der Waals surface area contributed by atoms with Crippen LogP contribution in [-0.4, -0.2) is 50.2 Å². The summed E-state index contributed by atoms with van der Waals surface area (Å²) in [6.07, 6.45) is -2.73. The van der Waals surface area contributed by atoms with Crippen LogP contribution >= 0.6 is 0 Å². The predicted octanol–water partition coefficient (Wildman–Crippen LogP) is 3.95. The maximum absolute atomic E-state index is 13.1. The van der Waals surface area contributed by atoms with Crippen LogP contribution in [0.15, 0.2) is 53.4 Å². The maximum atomic E-state index is 13.1. The maximum Gasteiger partial charge on any atom is 0.416 e. The number of benzene rings is 2. The van der Waals surface area contributed by atoms with Crippen molar-refractivity contribution in [2.75, 3.05) is 32.0 Å². The molecule has 1 saturated heterocycles. The van der Waals surface area contributed by atoms with Crippen molar-refractivity contribution in [2.24, 2.45) is 0 Å². The smallest absolute Gasteiger partial charge is 0.326 e. The SMILES string of the molecule is CN(CCC(=O)Nc1cccc(S(=O)(=O)N2CCCC2)c1)Cc1ccccc1C(F)(F)F. The molecule has 0 unspecified atom stereocenters. The summed E-state index contributed by atoms with van der Waals surface area (Å²) >= 11 is 0. The molecule has 0 radical (unpaired) electrons. The molecule has 10 heteroatoms. The molecular weight excluding hydrogens is 443 g/mol. The highest BCUT2D eigenvalue weighted by Crippen LogP contribution is 2.32. The number of hydrogen-bond donors (Lipinski definition) is 1. The van der Waals surface area contributed by atoms with Crippen molar-refractivity contribution < 1.29 is 26.4 Å². The average molecular weight is 470 g/mol. The zero-order chi connectivity index (χ0) is 23.4. The van der Waals surface area contributed by atoms with E-state index in [1.807, 2.05) is 0 Å². The highest BCUT2D eigenvalue weighted by molar-refractivity contribution is 7.89. The lowest BCUT2D eigenvalue weighted by molar-refractivity contribution is -0.138. The Bertz CT molecular complexity index is 1050. The number of rotatable bonds is 8. The average Bonchev–Trinajstić information content (AvgIpc) is 3.28. The molecule has 1 fully saturated rings. The van der Waals surface area contributed by atoms with Crippen LogP contribution in [0.2, 0.25) is 0 Å². The normalized spacial score (nSPS) is 15.3. The van der Waals surface area contributed by atoms with E-state index in [1.54, 1.807) is 30.1 Å². The van der Waals surface area contributed by atoms with Gasteiger partial charge in [-0.25, -0.2) is 8.42 Å². The van der Waals surface area contributed by atoms with Gasteiger partial charge in [-0.3, -0.25) is 4.79 Å².